The van der Waals surface area contributed by atoms with Crippen LogP contribution in [0.4, 0.5) is 0 Å². The summed E-state index contributed by atoms with van der Waals surface area (Å²) in [6.07, 6.45) is 1.88. The Morgan fingerprint density at radius 3 is 3.08 bits per heavy atom. The van der Waals surface area contributed by atoms with Gasteiger partial charge in [0.1, 0.15) is 0 Å². The lowest BCUT2D eigenvalue weighted by atomic mass is 10.1. The van der Waals surface area contributed by atoms with Gasteiger partial charge in [0, 0.05) is 0 Å². The molecule has 1 aliphatic rings. The Balaban J connectivity index is 2.77. The van der Waals surface area contributed by atoms with Gasteiger partial charge < -0.3 is 9.47 Å². The lowest BCUT2D eigenvalue weighted by Crippen LogP contribution is -2.17. The Bertz CT molecular complexity index is 242. The van der Waals surface area contributed by atoms with E-state index in [0.717, 1.165) is 6.42 Å². The molecule has 0 aromatic rings. The minimum atomic E-state index is -0.440. The number of allylic oxidation sites excluding steroid dienone is 1. The van der Waals surface area contributed by atoms with Gasteiger partial charge in [0.2, 0.25) is 0 Å². The predicted molar refractivity (Wildman–Crippen MR) is 44.9 cm³/mol. The van der Waals surface area contributed by atoms with Crippen molar-refractivity contribution >= 4 is 12.3 Å². The Morgan fingerprint density at radius 1 is 1.69 bits per heavy atom. The van der Waals surface area contributed by atoms with Crippen molar-refractivity contribution in [2.24, 2.45) is 0 Å². The van der Waals surface area contributed by atoms with Crippen LogP contribution in [0.5, 0.6) is 0 Å². The van der Waals surface area contributed by atoms with Crippen molar-refractivity contribution in [3.63, 3.8) is 0 Å². The summed E-state index contributed by atoms with van der Waals surface area (Å²) in [5, 5.41) is 0. The van der Waals surface area contributed by atoms with Crippen LogP contribution in [0.3, 0.4) is 0 Å². The molecule has 0 N–H and O–H groups in total. The molecule has 1 rings (SSSR count). The van der Waals surface area contributed by atoms with Crippen molar-refractivity contribution < 1.29 is 19.1 Å². The molecule has 0 spiro atoms. The van der Waals surface area contributed by atoms with Crippen LogP contribution in [0.15, 0.2) is 11.3 Å². The van der Waals surface area contributed by atoms with Crippen molar-refractivity contribution in [3.05, 3.63) is 11.3 Å². The lowest BCUT2D eigenvalue weighted by molar-refractivity contribution is -0.139. The fraction of sp³-hybridized carbons (Fsp3) is 0.556. The molecule has 0 radical (unpaired) electrons. The monoisotopic (exact) mass is 184 g/mol. The molecule has 0 saturated heterocycles. The zero-order valence-corrected chi connectivity index (χ0v) is 7.54. The van der Waals surface area contributed by atoms with Gasteiger partial charge in [-0.25, -0.2) is 4.79 Å². The van der Waals surface area contributed by atoms with Crippen LogP contribution in [-0.2, 0) is 19.1 Å². The van der Waals surface area contributed by atoms with E-state index in [9.17, 15) is 9.59 Å². The Kier molecular flexibility index (Phi) is 3.49. The summed E-state index contributed by atoms with van der Waals surface area (Å²) in [5.74, 6) is -0.311. The molecule has 1 aliphatic heterocycles. The third-order valence-electron chi connectivity index (χ3n) is 1.75. The second kappa shape index (κ2) is 4.64. The first-order valence-corrected chi connectivity index (χ1v) is 4.27. The van der Waals surface area contributed by atoms with Crippen LogP contribution in [0.2, 0.25) is 0 Å². The smallest absolute Gasteiger partial charge is 0.337 e. The van der Waals surface area contributed by atoms with E-state index in [-0.39, 0.29) is 5.76 Å². The van der Waals surface area contributed by atoms with Gasteiger partial charge in [0.25, 0.3) is 0 Å². The highest BCUT2D eigenvalue weighted by Crippen LogP contribution is 2.18. The lowest BCUT2D eigenvalue weighted by Gasteiger charge is -2.16. The van der Waals surface area contributed by atoms with Gasteiger partial charge in [0.15, 0.2) is 12.0 Å². The Morgan fingerprint density at radius 2 is 2.46 bits per heavy atom. The second-order valence-electron chi connectivity index (χ2n) is 2.63. The van der Waals surface area contributed by atoms with E-state index in [2.05, 4.69) is 0 Å². The summed E-state index contributed by atoms with van der Waals surface area (Å²) in [6.45, 7) is 2.54. The summed E-state index contributed by atoms with van der Waals surface area (Å²) in [7, 11) is 0. The quantitative estimate of drug-likeness (QED) is 0.481. The molecule has 0 aliphatic carbocycles. The van der Waals surface area contributed by atoms with Gasteiger partial charge in [-0.1, -0.05) is 0 Å². The summed E-state index contributed by atoms with van der Waals surface area (Å²) in [6, 6.07) is 0. The van der Waals surface area contributed by atoms with E-state index in [4.69, 9.17) is 9.47 Å². The largest absolute Gasteiger partial charge is 0.490 e. The third kappa shape index (κ3) is 2.31. The molecule has 4 heteroatoms. The molecule has 1 heterocycles. The average molecular weight is 184 g/mol. The SMILES string of the molecule is CCOC(=O)C1=C(C=O)OCCC1. The van der Waals surface area contributed by atoms with Crippen LogP contribution in [-0.4, -0.2) is 25.5 Å². The normalized spacial score (nSPS) is 16.4. The number of carbonyl (C=O) groups excluding carboxylic acids is 2. The van der Waals surface area contributed by atoms with Crippen molar-refractivity contribution in [2.45, 2.75) is 19.8 Å². The molecule has 0 atom stereocenters. The van der Waals surface area contributed by atoms with Crippen LogP contribution in [0.1, 0.15) is 19.8 Å². The summed E-state index contributed by atoms with van der Waals surface area (Å²) in [4.78, 5) is 21.7. The molecule has 0 fully saturated rings. The van der Waals surface area contributed by atoms with Crippen molar-refractivity contribution in [1.82, 2.24) is 0 Å². The third-order valence-corrected chi connectivity index (χ3v) is 1.75. The topological polar surface area (TPSA) is 52.6 Å². The Labute approximate surface area is 76.5 Å². The first kappa shape index (κ1) is 9.77. The van der Waals surface area contributed by atoms with E-state index >= 15 is 0 Å². The Hall–Kier alpha value is -1.32. The number of rotatable bonds is 3. The maximum atomic E-state index is 11.2. The van der Waals surface area contributed by atoms with E-state index < -0.39 is 5.97 Å². The van der Waals surface area contributed by atoms with E-state index in [1.54, 1.807) is 6.92 Å². The highest BCUT2D eigenvalue weighted by Gasteiger charge is 2.20. The maximum Gasteiger partial charge on any atom is 0.337 e. The number of hydrogen-bond acceptors (Lipinski definition) is 4. The standard InChI is InChI=1S/C9H12O4/c1-2-12-9(11)7-4-3-5-13-8(7)6-10/h6H,2-5H2,1H3. The van der Waals surface area contributed by atoms with Crippen molar-refractivity contribution in [3.8, 4) is 0 Å². The van der Waals surface area contributed by atoms with Crippen molar-refractivity contribution in [1.29, 1.82) is 0 Å². The molecule has 13 heavy (non-hydrogen) atoms. The van der Waals surface area contributed by atoms with Crippen molar-refractivity contribution in [2.75, 3.05) is 13.2 Å². The van der Waals surface area contributed by atoms with Crippen LogP contribution in [0, 0.1) is 0 Å². The number of carbonyl (C=O) groups is 2. The average Bonchev–Trinajstić information content (AvgIpc) is 2.18. The van der Waals surface area contributed by atoms with Gasteiger partial charge in [0.05, 0.1) is 18.8 Å². The molecular weight excluding hydrogens is 172 g/mol. The second-order valence-corrected chi connectivity index (χ2v) is 2.63. The van der Waals surface area contributed by atoms with Crippen LogP contribution < -0.4 is 0 Å². The molecule has 0 aromatic carbocycles. The first-order chi connectivity index (χ1) is 6.29. The number of aldehydes is 1. The van der Waals surface area contributed by atoms with Gasteiger partial charge in [-0.3, -0.25) is 4.79 Å². The zero-order valence-electron chi connectivity index (χ0n) is 7.54. The van der Waals surface area contributed by atoms with E-state index in [0.29, 0.717) is 31.5 Å². The predicted octanol–water partition coefficient (Wildman–Crippen LogP) is 0.813. The fourth-order valence-corrected chi connectivity index (χ4v) is 1.17. The summed E-state index contributed by atoms with van der Waals surface area (Å²) < 4.78 is 9.80. The zero-order chi connectivity index (χ0) is 9.68. The van der Waals surface area contributed by atoms with Gasteiger partial charge >= 0.3 is 5.97 Å². The molecule has 0 saturated carbocycles. The van der Waals surface area contributed by atoms with E-state index in [1.807, 2.05) is 0 Å². The highest BCUT2D eigenvalue weighted by atomic mass is 16.5. The first-order valence-electron chi connectivity index (χ1n) is 4.27. The fourth-order valence-electron chi connectivity index (χ4n) is 1.17. The molecule has 0 amide bonds. The number of hydrogen-bond donors (Lipinski definition) is 0. The molecule has 0 unspecified atom stereocenters. The number of esters is 1. The van der Waals surface area contributed by atoms with Gasteiger partial charge in [-0.15, -0.1) is 0 Å². The van der Waals surface area contributed by atoms with E-state index in [1.165, 1.54) is 0 Å². The van der Waals surface area contributed by atoms with Gasteiger partial charge in [-0.05, 0) is 19.8 Å². The maximum absolute atomic E-state index is 11.2. The van der Waals surface area contributed by atoms with Crippen LogP contribution >= 0.6 is 0 Å². The highest BCUT2D eigenvalue weighted by molar-refractivity contribution is 5.94. The summed E-state index contributed by atoms with van der Waals surface area (Å²) in [5.41, 5.74) is 0.364. The molecule has 0 aromatic heterocycles. The van der Waals surface area contributed by atoms with Crippen LogP contribution in [0.25, 0.3) is 0 Å². The molecule has 4 nitrogen and oxygen atoms in total. The molecule has 72 valence electrons. The van der Waals surface area contributed by atoms with Gasteiger partial charge in [-0.2, -0.15) is 0 Å². The molecular formula is C9H12O4. The molecule has 0 bridgehead atoms. The summed E-state index contributed by atoms with van der Waals surface area (Å²) >= 11 is 0. The number of ether oxygens (including phenoxy) is 2. The minimum Gasteiger partial charge on any atom is -0.490 e. The minimum absolute atomic E-state index is 0.129.